The Morgan fingerprint density at radius 3 is 2.82 bits per heavy atom. The number of rotatable bonds is 3. The summed E-state index contributed by atoms with van der Waals surface area (Å²) in [5.74, 6) is -0.0238. The molecule has 2 fully saturated rings. The minimum Gasteiger partial charge on any atom is -0.368 e. The van der Waals surface area contributed by atoms with E-state index < -0.39 is 0 Å². The highest BCUT2D eigenvalue weighted by molar-refractivity contribution is 5.81. The molecule has 0 spiro atoms. The predicted octanol–water partition coefficient (Wildman–Crippen LogP) is 2.04. The van der Waals surface area contributed by atoms with Gasteiger partial charge in [0.05, 0.1) is 0 Å². The number of benzene rings is 1. The molecule has 4 nitrogen and oxygen atoms in total. The summed E-state index contributed by atoms with van der Waals surface area (Å²) in [5, 5.41) is 0. The van der Waals surface area contributed by atoms with Crippen molar-refractivity contribution in [2.24, 2.45) is 0 Å². The summed E-state index contributed by atoms with van der Waals surface area (Å²) in [7, 11) is 0. The van der Waals surface area contributed by atoms with Gasteiger partial charge in [0, 0.05) is 44.9 Å². The third-order valence-corrected chi connectivity index (χ3v) is 4.46. The second-order valence-electron chi connectivity index (χ2n) is 6.05. The van der Waals surface area contributed by atoms with Crippen molar-refractivity contribution in [1.82, 2.24) is 9.80 Å². The quantitative estimate of drug-likeness (QED) is 0.857. The molecule has 2 heterocycles. The summed E-state index contributed by atoms with van der Waals surface area (Å²) in [6.07, 6.45) is 2.50. The van der Waals surface area contributed by atoms with E-state index in [1.165, 1.54) is 6.07 Å². The fraction of sp³-hybridized carbons (Fsp3) is 0.588. The molecule has 0 bridgehead atoms. The summed E-state index contributed by atoms with van der Waals surface area (Å²) in [5.41, 5.74) is 0.724. The largest absolute Gasteiger partial charge is 0.368 e. The Hall–Kier alpha value is -1.46. The van der Waals surface area contributed by atoms with Crippen LogP contribution >= 0.6 is 0 Å². The number of carbonyl (C=O) groups excluding carboxylic acids is 1. The summed E-state index contributed by atoms with van der Waals surface area (Å²) in [6.45, 7) is 4.45. The van der Waals surface area contributed by atoms with Crippen LogP contribution in [0.15, 0.2) is 24.3 Å². The van der Waals surface area contributed by atoms with E-state index in [9.17, 15) is 9.18 Å². The lowest BCUT2D eigenvalue weighted by molar-refractivity contribution is -0.140. The Bertz CT molecular complexity index is 517. The standard InChI is InChI=1S/C17H23FN2O2/c18-15-6-2-1-5-14(15)13-19-8-4-9-20(11-10-19)17(21)16-7-3-12-22-16/h1-2,5-6,16H,3-4,7-13H2/t16-/m0/s1. The normalized spacial score (nSPS) is 23.5. The lowest BCUT2D eigenvalue weighted by Gasteiger charge is -2.24. The summed E-state index contributed by atoms with van der Waals surface area (Å²) in [4.78, 5) is 16.5. The SMILES string of the molecule is O=C([C@@H]1CCCO1)N1CCCN(Cc2ccccc2F)CC1. The molecule has 120 valence electrons. The van der Waals surface area contributed by atoms with E-state index in [0.717, 1.165) is 44.5 Å². The highest BCUT2D eigenvalue weighted by Gasteiger charge is 2.29. The van der Waals surface area contributed by atoms with Gasteiger partial charge >= 0.3 is 0 Å². The fourth-order valence-corrected chi connectivity index (χ4v) is 3.19. The average molecular weight is 306 g/mol. The molecular formula is C17H23FN2O2. The monoisotopic (exact) mass is 306 g/mol. The second-order valence-corrected chi connectivity index (χ2v) is 6.05. The van der Waals surface area contributed by atoms with Gasteiger partial charge in [-0.25, -0.2) is 4.39 Å². The van der Waals surface area contributed by atoms with Crippen molar-refractivity contribution in [3.8, 4) is 0 Å². The number of hydrogen-bond acceptors (Lipinski definition) is 3. The summed E-state index contributed by atoms with van der Waals surface area (Å²) >= 11 is 0. The molecule has 1 aromatic rings. The maximum atomic E-state index is 13.7. The first-order chi connectivity index (χ1) is 10.7. The van der Waals surface area contributed by atoms with Gasteiger partial charge in [-0.2, -0.15) is 0 Å². The molecule has 2 saturated heterocycles. The zero-order chi connectivity index (χ0) is 15.4. The van der Waals surface area contributed by atoms with Crippen LogP contribution in [-0.2, 0) is 16.1 Å². The minimum absolute atomic E-state index is 0.130. The number of nitrogens with zero attached hydrogens (tertiary/aromatic N) is 2. The minimum atomic E-state index is -0.238. The Kier molecular flexibility index (Phi) is 5.05. The maximum absolute atomic E-state index is 13.7. The molecule has 0 radical (unpaired) electrons. The van der Waals surface area contributed by atoms with Crippen LogP contribution in [0.4, 0.5) is 4.39 Å². The molecular weight excluding hydrogens is 283 g/mol. The second kappa shape index (κ2) is 7.20. The van der Waals surface area contributed by atoms with E-state index in [1.54, 1.807) is 6.07 Å². The molecule has 0 N–H and O–H groups in total. The Morgan fingerprint density at radius 1 is 1.18 bits per heavy atom. The Morgan fingerprint density at radius 2 is 2.05 bits per heavy atom. The third kappa shape index (κ3) is 3.65. The van der Waals surface area contributed by atoms with Crippen LogP contribution in [0.5, 0.6) is 0 Å². The molecule has 1 aromatic carbocycles. The molecule has 1 amide bonds. The van der Waals surface area contributed by atoms with Gasteiger partial charge in [0.1, 0.15) is 11.9 Å². The van der Waals surface area contributed by atoms with Gasteiger partial charge in [-0.05, 0) is 25.3 Å². The van der Waals surface area contributed by atoms with Gasteiger partial charge < -0.3 is 9.64 Å². The molecule has 3 rings (SSSR count). The first-order valence-corrected chi connectivity index (χ1v) is 8.10. The van der Waals surface area contributed by atoms with Gasteiger partial charge in [0.15, 0.2) is 0 Å². The lowest BCUT2D eigenvalue weighted by atomic mass is 10.2. The first kappa shape index (κ1) is 15.4. The predicted molar refractivity (Wildman–Crippen MR) is 81.8 cm³/mol. The molecule has 2 aliphatic heterocycles. The van der Waals surface area contributed by atoms with Crippen LogP contribution in [0, 0.1) is 5.82 Å². The molecule has 5 heteroatoms. The van der Waals surface area contributed by atoms with Crippen LogP contribution in [-0.4, -0.2) is 54.6 Å². The number of ether oxygens (including phenoxy) is 1. The number of amides is 1. The van der Waals surface area contributed by atoms with Crippen molar-refractivity contribution in [2.75, 3.05) is 32.8 Å². The first-order valence-electron chi connectivity index (χ1n) is 8.10. The average Bonchev–Trinajstić information content (AvgIpc) is 2.96. The van der Waals surface area contributed by atoms with Crippen molar-refractivity contribution < 1.29 is 13.9 Å². The topological polar surface area (TPSA) is 32.8 Å². The van der Waals surface area contributed by atoms with Gasteiger partial charge in [-0.15, -0.1) is 0 Å². The van der Waals surface area contributed by atoms with Crippen molar-refractivity contribution in [3.63, 3.8) is 0 Å². The maximum Gasteiger partial charge on any atom is 0.251 e. The van der Waals surface area contributed by atoms with Crippen LogP contribution in [0.3, 0.4) is 0 Å². The number of carbonyl (C=O) groups is 1. The Balaban J connectivity index is 1.55. The van der Waals surface area contributed by atoms with E-state index in [-0.39, 0.29) is 17.8 Å². The van der Waals surface area contributed by atoms with E-state index >= 15 is 0 Å². The Labute approximate surface area is 130 Å². The molecule has 0 aromatic heterocycles. The van der Waals surface area contributed by atoms with E-state index in [0.29, 0.717) is 19.7 Å². The van der Waals surface area contributed by atoms with E-state index in [4.69, 9.17) is 4.74 Å². The van der Waals surface area contributed by atoms with Gasteiger partial charge in [0.25, 0.3) is 5.91 Å². The van der Waals surface area contributed by atoms with Crippen LogP contribution in [0.1, 0.15) is 24.8 Å². The van der Waals surface area contributed by atoms with E-state index in [1.807, 2.05) is 17.0 Å². The van der Waals surface area contributed by atoms with Crippen molar-refractivity contribution in [2.45, 2.75) is 31.9 Å². The fourth-order valence-electron chi connectivity index (χ4n) is 3.19. The van der Waals surface area contributed by atoms with Gasteiger partial charge in [0.2, 0.25) is 0 Å². The molecule has 0 unspecified atom stereocenters. The number of hydrogen-bond donors (Lipinski definition) is 0. The molecule has 22 heavy (non-hydrogen) atoms. The van der Waals surface area contributed by atoms with Crippen LogP contribution in [0.2, 0.25) is 0 Å². The summed E-state index contributed by atoms with van der Waals surface area (Å²) < 4.78 is 19.2. The zero-order valence-electron chi connectivity index (χ0n) is 12.8. The van der Waals surface area contributed by atoms with Crippen molar-refractivity contribution in [3.05, 3.63) is 35.6 Å². The summed E-state index contributed by atoms with van der Waals surface area (Å²) in [6, 6.07) is 6.91. The third-order valence-electron chi connectivity index (χ3n) is 4.46. The van der Waals surface area contributed by atoms with Crippen LogP contribution < -0.4 is 0 Å². The molecule has 0 saturated carbocycles. The highest BCUT2D eigenvalue weighted by Crippen LogP contribution is 2.17. The highest BCUT2D eigenvalue weighted by atomic mass is 19.1. The molecule has 2 aliphatic rings. The molecule has 1 atom stereocenters. The van der Waals surface area contributed by atoms with Gasteiger partial charge in [-0.3, -0.25) is 9.69 Å². The van der Waals surface area contributed by atoms with Crippen LogP contribution in [0.25, 0.3) is 0 Å². The van der Waals surface area contributed by atoms with Crippen molar-refractivity contribution in [1.29, 1.82) is 0 Å². The van der Waals surface area contributed by atoms with Gasteiger partial charge in [-0.1, -0.05) is 18.2 Å². The molecule has 0 aliphatic carbocycles. The smallest absolute Gasteiger partial charge is 0.251 e. The lowest BCUT2D eigenvalue weighted by Crippen LogP contribution is -2.41. The number of halogens is 1. The van der Waals surface area contributed by atoms with E-state index in [2.05, 4.69) is 4.90 Å². The zero-order valence-corrected chi connectivity index (χ0v) is 12.8. The van der Waals surface area contributed by atoms with Crippen molar-refractivity contribution >= 4 is 5.91 Å².